The van der Waals surface area contributed by atoms with Crippen molar-refractivity contribution in [2.75, 3.05) is 4.90 Å². The third-order valence-electron chi connectivity index (χ3n) is 10.2. The van der Waals surface area contributed by atoms with Crippen LogP contribution < -0.4 is 4.90 Å². The zero-order valence-electron chi connectivity index (χ0n) is 33.3. The Labute approximate surface area is 320 Å². The zero-order valence-corrected chi connectivity index (χ0v) is 29.3. The highest BCUT2D eigenvalue weighted by Crippen LogP contribution is 2.45. The van der Waals surface area contributed by atoms with E-state index in [2.05, 4.69) is 48.5 Å². The summed E-state index contributed by atoms with van der Waals surface area (Å²) in [4.78, 5) is 1.88. The van der Waals surface area contributed by atoms with E-state index < -0.39 is 0 Å². The van der Waals surface area contributed by atoms with Crippen molar-refractivity contribution in [2.24, 2.45) is 0 Å². The predicted molar refractivity (Wildman–Crippen MR) is 228 cm³/mol. The van der Waals surface area contributed by atoms with E-state index in [1.54, 1.807) is 0 Å². The number of para-hydroxylation sites is 2. The van der Waals surface area contributed by atoms with Gasteiger partial charge in [-0.25, -0.2) is 0 Å². The smallest absolute Gasteiger partial charge is 0.143 e. The van der Waals surface area contributed by atoms with Crippen LogP contribution in [0.2, 0.25) is 0 Å². The maximum Gasteiger partial charge on any atom is 0.143 e. The molecule has 0 bridgehead atoms. The van der Waals surface area contributed by atoms with Crippen molar-refractivity contribution < 1.29 is 9.90 Å². The Kier molecular flexibility index (Phi) is 6.84. The van der Waals surface area contributed by atoms with Crippen molar-refractivity contribution in [1.82, 2.24) is 0 Å². The second-order valence-electron chi connectivity index (χ2n) is 13.4. The topological polar surface area (TPSA) is 16.4 Å². The number of rotatable bonds is 7. The molecule has 0 saturated heterocycles. The van der Waals surface area contributed by atoms with Gasteiger partial charge in [-0.3, -0.25) is 0 Å². The first kappa shape index (κ1) is 27.5. The summed E-state index contributed by atoms with van der Waals surface area (Å²) in [6.45, 7) is 0. The molecule has 0 aliphatic heterocycles. The Morgan fingerprint density at radius 1 is 0.333 bits per heavy atom. The summed E-state index contributed by atoms with van der Waals surface area (Å²) in [7, 11) is 0. The lowest BCUT2D eigenvalue weighted by Crippen LogP contribution is -2.11. The van der Waals surface area contributed by atoms with E-state index in [9.17, 15) is 5.48 Å². The first-order chi connectivity index (χ1) is 28.5. The molecule has 254 valence electrons. The largest absolute Gasteiger partial charge is 0.455 e. The highest BCUT2D eigenvalue weighted by atomic mass is 16.3. The van der Waals surface area contributed by atoms with E-state index in [0.717, 1.165) is 66.1 Å². The van der Waals surface area contributed by atoms with E-state index in [-0.39, 0.29) is 35.4 Å². The minimum Gasteiger partial charge on any atom is -0.455 e. The Balaban J connectivity index is 1.17. The molecular formula is C52H35NO. The van der Waals surface area contributed by atoms with Crippen LogP contribution in [-0.2, 0) is 0 Å². The van der Waals surface area contributed by atoms with Crippen LogP contribution in [0.5, 0.6) is 0 Å². The minimum atomic E-state index is -0.132. The van der Waals surface area contributed by atoms with Crippen molar-refractivity contribution in [1.29, 1.82) is 0 Å². The summed E-state index contributed by atoms with van der Waals surface area (Å²) in [6.07, 6.45) is 0. The van der Waals surface area contributed by atoms with Crippen molar-refractivity contribution in [3.63, 3.8) is 0 Å². The van der Waals surface area contributed by atoms with Gasteiger partial charge in [-0.15, -0.1) is 0 Å². The van der Waals surface area contributed by atoms with Crippen LogP contribution in [0, 0.1) is 0 Å². The molecule has 0 amide bonds. The molecule has 0 spiro atoms. The molecule has 1 heterocycles. The molecule has 2 heteroatoms. The second kappa shape index (κ2) is 13.4. The summed E-state index contributed by atoms with van der Waals surface area (Å²) in [6, 6.07) is 61.9. The molecule has 0 atom stereocenters. The van der Waals surface area contributed by atoms with Crippen molar-refractivity contribution in [3.8, 4) is 44.5 Å². The van der Waals surface area contributed by atoms with Crippen LogP contribution >= 0.6 is 0 Å². The van der Waals surface area contributed by atoms with Crippen LogP contribution in [0.3, 0.4) is 0 Å². The average Bonchev–Trinajstić information content (AvgIpc) is 3.67. The van der Waals surface area contributed by atoms with Crippen LogP contribution in [0.1, 0.15) is 5.48 Å². The van der Waals surface area contributed by atoms with Gasteiger partial charge in [0.1, 0.15) is 11.2 Å². The van der Waals surface area contributed by atoms with Crippen LogP contribution in [0.15, 0.2) is 217 Å². The average molecular weight is 694 g/mol. The first-order valence-corrected chi connectivity index (χ1v) is 18.1. The Hall–Kier alpha value is -7.16. The van der Waals surface area contributed by atoms with Gasteiger partial charge in [-0.05, 0) is 86.7 Å². The van der Waals surface area contributed by atoms with E-state index >= 15 is 0 Å². The van der Waals surface area contributed by atoms with Gasteiger partial charge in [-0.2, -0.15) is 0 Å². The quantitative estimate of drug-likeness (QED) is 0.165. The van der Waals surface area contributed by atoms with Crippen LogP contribution in [-0.4, -0.2) is 0 Å². The normalized spacial score (nSPS) is 12.4. The number of fused-ring (bicyclic) bond motifs is 5. The summed E-state index contributed by atoms with van der Waals surface area (Å²) < 4.78 is 44.5. The number of hydrogen-bond donors (Lipinski definition) is 0. The second-order valence-corrected chi connectivity index (χ2v) is 13.4. The number of nitrogens with zero attached hydrogens (tertiary/aromatic N) is 1. The van der Waals surface area contributed by atoms with E-state index in [0.29, 0.717) is 16.9 Å². The lowest BCUT2D eigenvalue weighted by atomic mass is 9.94. The summed E-state index contributed by atoms with van der Waals surface area (Å²) in [5.74, 6) is 0. The maximum absolute atomic E-state index is 9.61. The Morgan fingerprint density at radius 3 is 1.54 bits per heavy atom. The van der Waals surface area contributed by atoms with E-state index in [1.807, 2.05) is 144 Å². The highest BCUT2D eigenvalue weighted by molar-refractivity contribution is 6.17. The number of benzene rings is 9. The molecule has 0 saturated carbocycles. The van der Waals surface area contributed by atoms with Gasteiger partial charge < -0.3 is 9.32 Å². The fourth-order valence-electron chi connectivity index (χ4n) is 7.52. The third-order valence-corrected chi connectivity index (χ3v) is 10.2. The molecule has 10 aromatic rings. The molecule has 0 fully saturated rings. The van der Waals surface area contributed by atoms with Gasteiger partial charge >= 0.3 is 0 Å². The highest BCUT2D eigenvalue weighted by Gasteiger charge is 2.20. The van der Waals surface area contributed by atoms with Gasteiger partial charge in [0.15, 0.2) is 0 Å². The van der Waals surface area contributed by atoms with Gasteiger partial charge in [0.05, 0.1) is 11.2 Å². The van der Waals surface area contributed by atoms with Gasteiger partial charge in [0.2, 0.25) is 0 Å². The molecule has 0 radical (unpaired) electrons. The van der Waals surface area contributed by atoms with E-state index in [4.69, 9.17) is 4.42 Å². The standard InChI is InChI=1S/C52H35NO/c1-3-12-36(13-4-1)38-22-24-39(25-23-38)41-28-32-43(33-29-41)53(42-30-26-40(27-31-42)37-14-5-2-6-15-37)50-20-9-7-16-46(50)44-18-11-19-48-45(44)34-35-49-47-17-8-10-21-51(47)54-52(48)49/h1-35H/i28D,29D,32D,33D. The lowest BCUT2D eigenvalue weighted by Gasteiger charge is -2.28. The number of hydrogen-bond acceptors (Lipinski definition) is 2. The number of furan rings is 1. The monoisotopic (exact) mass is 693 g/mol. The molecule has 0 aliphatic rings. The molecule has 0 N–H and O–H groups in total. The molecule has 1 aromatic heterocycles. The molecule has 2 nitrogen and oxygen atoms in total. The lowest BCUT2D eigenvalue weighted by molar-refractivity contribution is 0.672. The fraction of sp³-hybridized carbons (Fsp3) is 0. The van der Waals surface area contributed by atoms with E-state index in [1.165, 1.54) is 0 Å². The maximum atomic E-state index is 9.61. The zero-order chi connectivity index (χ0) is 39.3. The summed E-state index contributed by atoms with van der Waals surface area (Å²) >= 11 is 0. The SMILES string of the molecule is [2H]c1c([2H])c(N(c2ccc(-c3ccccc3)cc2)c2ccccc2-c2cccc3c2ccc2c4ccccc4oc32)c([2H])c([2H])c1-c1ccc(-c2ccccc2)cc1. The molecule has 0 unspecified atom stereocenters. The number of anilines is 3. The molecule has 54 heavy (non-hydrogen) atoms. The van der Waals surface area contributed by atoms with Crippen molar-refractivity contribution in [3.05, 3.63) is 212 Å². The molecule has 9 aromatic carbocycles. The predicted octanol–water partition coefficient (Wildman–Crippen LogP) is 14.9. The molecular weight excluding hydrogens is 655 g/mol. The van der Waals surface area contributed by atoms with Crippen molar-refractivity contribution in [2.45, 2.75) is 0 Å². The molecule has 10 rings (SSSR count). The van der Waals surface area contributed by atoms with Crippen LogP contribution in [0.4, 0.5) is 17.1 Å². The van der Waals surface area contributed by atoms with Crippen LogP contribution in [0.25, 0.3) is 77.2 Å². The Morgan fingerprint density at radius 2 is 0.833 bits per heavy atom. The molecule has 0 aliphatic carbocycles. The summed E-state index contributed by atoms with van der Waals surface area (Å²) in [5.41, 5.74) is 10.1. The van der Waals surface area contributed by atoms with Gasteiger partial charge in [0, 0.05) is 33.1 Å². The van der Waals surface area contributed by atoms with Gasteiger partial charge in [0.25, 0.3) is 0 Å². The van der Waals surface area contributed by atoms with Crippen molar-refractivity contribution >= 4 is 49.8 Å². The Bertz CT molecular complexity index is 3110. The summed E-state index contributed by atoms with van der Waals surface area (Å²) in [5, 5.41) is 4.09. The third kappa shape index (κ3) is 5.62. The fourth-order valence-corrected chi connectivity index (χ4v) is 7.52. The van der Waals surface area contributed by atoms with Gasteiger partial charge in [-0.1, -0.05) is 170 Å². The minimum absolute atomic E-state index is 0.107. The first-order valence-electron chi connectivity index (χ1n) is 20.1.